The SMILES string of the molecule is C1CC12CNO2. The van der Waals surface area contributed by atoms with Crippen molar-refractivity contribution >= 4 is 0 Å². The van der Waals surface area contributed by atoms with Crippen LogP contribution in [0, 0.1) is 0 Å². The third-order valence-electron chi connectivity index (χ3n) is 1.49. The van der Waals surface area contributed by atoms with Gasteiger partial charge in [0.2, 0.25) is 0 Å². The first kappa shape index (κ1) is 2.99. The molecule has 6 heavy (non-hydrogen) atoms. The summed E-state index contributed by atoms with van der Waals surface area (Å²) in [5.74, 6) is 0. The van der Waals surface area contributed by atoms with Crippen molar-refractivity contribution in [2.75, 3.05) is 6.54 Å². The summed E-state index contributed by atoms with van der Waals surface area (Å²) in [6, 6.07) is 0. The van der Waals surface area contributed by atoms with Crippen LogP contribution in [0.3, 0.4) is 0 Å². The first-order valence-corrected chi connectivity index (χ1v) is 2.32. The number of hydrogen-bond acceptors (Lipinski definition) is 2. The van der Waals surface area contributed by atoms with Gasteiger partial charge in [0.15, 0.2) is 0 Å². The summed E-state index contributed by atoms with van der Waals surface area (Å²) in [6.45, 7) is 1.09. The number of hydrogen-bond donors (Lipinski definition) is 1. The number of nitrogens with one attached hydrogen (secondary N) is 1. The monoisotopic (exact) mass is 85.1 g/mol. The highest BCUT2D eigenvalue weighted by Crippen LogP contribution is 2.42. The van der Waals surface area contributed by atoms with Gasteiger partial charge < -0.3 is 0 Å². The Balaban J connectivity index is 2.09. The molecule has 1 heterocycles. The average molecular weight is 85.1 g/mol. The fourth-order valence-electron chi connectivity index (χ4n) is 0.695. The Bertz CT molecular complexity index is 71.6. The molecular formula is C4H7NO. The van der Waals surface area contributed by atoms with E-state index in [2.05, 4.69) is 5.48 Å². The highest BCUT2D eigenvalue weighted by Gasteiger charge is 2.50. The fourth-order valence-corrected chi connectivity index (χ4v) is 0.695. The lowest BCUT2D eigenvalue weighted by atomic mass is 10.3. The average Bonchev–Trinajstić information content (AvgIpc) is 2.02. The zero-order chi connectivity index (χ0) is 4.04. The lowest BCUT2D eigenvalue weighted by molar-refractivity contribution is -0.141. The molecule has 1 aliphatic heterocycles. The maximum atomic E-state index is 4.98. The zero-order valence-corrected chi connectivity index (χ0v) is 3.53. The highest BCUT2D eigenvalue weighted by molar-refractivity contribution is 5.00. The van der Waals surface area contributed by atoms with Gasteiger partial charge in [0.25, 0.3) is 0 Å². The van der Waals surface area contributed by atoms with Crippen LogP contribution in [-0.2, 0) is 4.84 Å². The molecule has 0 aromatic heterocycles. The van der Waals surface area contributed by atoms with Crippen LogP contribution in [0.15, 0.2) is 0 Å². The predicted octanol–water partition coefficient (Wildman–Crippen LogP) is 0.0538. The summed E-state index contributed by atoms with van der Waals surface area (Å²) < 4.78 is 0. The van der Waals surface area contributed by atoms with Crippen LogP contribution in [-0.4, -0.2) is 12.1 Å². The van der Waals surface area contributed by atoms with Crippen molar-refractivity contribution in [3.63, 3.8) is 0 Å². The molecule has 1 saturated heterocycles. The van der Waals surface area contributed by atoms with E-state index in [1.165, 1.54) is 12.8 Å². The summed E-state index contributed by atoms with van der Waals surface area (Å²) in [7, 11) is 0. The van der Waals surface area contributed by atoms with E-state index in [1.807, 2.05) is 0 Å². The van der Waals surface area contributed by atoms with Crippen molar-refractivity contribution in [3.05, 3.63) is 0 Å². The molecule has 2 aliphatic rings. The molecule has 0 radical (unpaired) electrons. The molecule has 1 spiro atoms. The summed E-state index contributed by atoms with van der Waals surface area (Å²) >= 11 is 0. The third-order valence-corrected chi connectivity index (χ3v) is 1.49. The molecule has 0 aromatic rings. The van der Waals surface area contributed by atoms with E-state index >= 15 is 0 Å². The van der Waals surface area contributed by atoms with Crippen molar-refractivity contribution in [1.29, 1.82) is 0 Å². The predicted molar refractivity (Wildman–Crippen MR) is 21.1 cm³/mol. The van der Waals surface area contributed by atoms with Gasteiger partial charge in [-0.25, -0.2) is 0 Å². The molecule has 0 unspecified atom stereocenters. The van der Waals surface area contributed by atoms with E-state index in [9.17, 15) is 0 Å². The lowest BCUT2D eigenvalue weighted by Crippen LogP contribution is -2.46. The van der Waals surface area contributed by atoms with Gasteiger partial charge in [-0.15, -0.1) is 0 Å². The Morgan fingerprint density at radius 2 is 2.17 bits per heavy atom. The van der Waals surface area contributed by atoms with Crippen LogP contribution in [0.2, 0.25) is 0 Å². The molecule has 2 fully saturated rings. The second-order valence-corrected chi connectivity index (χ2v) is 2.11. The number of rotatable bonds is 0. The van der Waals surface area contributed by atoms with Crippen molar-refractivity contribution in [1.82, 2.24) is 5.48 Å². The summed E-state index contributed by atoms with van der Waals surface area (Å²) in [6.07, 6.45) is 2.56. The van der Waals surface area contributed by atoms with E-state index in [1.54, 1.807) is 0 Å². The van der Waals surface area contributed by atoms with E-state index in [0.29, 0.717) is 5.60 Å². The molecule has 1 aliphatic carbocycles. The zero-order valence-electron chi connectivity index (χ0n) is 3.53. The van der Waals surface area contributed by atoms with Crippen molar-refractivity contribution < 1.29 is 4.84 Å². The minimum atomic E-state index is 0.361. The number of hydroxylamine groups is 1. The minimum Gasteiger partial charge on any atom is -0.294 e. The van der Waals surface area contributed by atoms with Gasteiger partial charge >= 0.3 is 0 Å². The molecule has 0 atom stereocenters. The van der Waals surface area contributed by atoms with Gasteiger partial charge in [-0.1, -0.05) is 0 Å². The molecule has 34 valence electrons. The van der Waals surface area contributed by atoms with E-state index in [-0.39, 0.29) is 0 Å². The van der Waals surface area contributed by atoms with Crippen molar-refractivity contribution in [3.8, 4) is 0 Å². The summed E-state index contributed by atoms with van der Waals surface area (Å²) in [5, 5.41) is 0. The first-order valence-electron chi connectivity index (χ1n) is 2.32. The summed E-state index contributed by atoms with van der Waals surface area (Å²) in [5.41, 5.74) is 3.12. The summed E-state index contributed by atoms with van der Waals surface area (Å²) in [4.78, 5) is 4.98. The second-order valence-electron chi connectivity index (χ2n) is 2.11. The van der Waals surface area contributed by atoms with Gasteiger partial charge in [0.1, 0.15) is 5.60 Å². The van der Waals surface area contributed by atoms with E-state index < -0.39 is 0 Å². The first-order chi connectivity index (χ1) is 2.91. The van der Waals surface area contributed by atoms with Gasteiger partial charge in [-0.3, -0.25) is 4.84 Å². The largest absolute Gasteiger partial charge is 0.294 e. The third kappa shape index (κ3) is 0.200. The van der Waals surface area contributed by atoms with Crippen LogP contribution in [0.5, 0.6) is 0 Å². The maximum absolute atomic E-state index is 4.98. The van der Waals surface area contributed by atoms with E-state index in [4.69, 9.17) is 4.84 Å². The van der Waals surface area contributed by atoms with Gasteiger partial charge in [0.05, 0.1) is 6.54 Å². The Morgan fingerprint density at radius 3 is 2.17 bits per heavy atom. The second kappa shape index (κ2) is 0.634. The maximum Gasteiger partial charge on any atom is 0.105 e. The van der Waals surface area contributed by atoms with Crippen LogP contribution < -0.4 is 5.48 Å². The molecule has 2 nitrogen and oxygen atoms in total. The van der Waals surface area contributed by atoms with Crippen molar-refractivity contribution in [2.24, 2.45) is 0 Å². The Labute approximate surface area is 36.4 Å². The fraction of sp³-hybridized carbons (Fsp3) is 1.00. The Kier molecular flexibility index (Phi) is 0.316. The molecule has 0 aromatic carbocycles. The van der Waals surface area contributed by atoms with Crippen molar-refractivity contribution in [2.45, 2.75) is 18.4 Å². The quantitative estimate of drug-likeness (QED) is 0.449. The molecule has 2 heteroatoms. The lowest BCUT2D eigenvalue weighted by Gasteiger charge is -2.25. The normalized spacial score (nSPS) is 36.0. The molecule has 0 bridgehead atoms. The topological polar surface area (TPSA) is 21.3 Å². The Hall–Kier alpha value is -0.0800. The minimum absolute atomic E-state index is 0.361. The van der Waals surface area contributed by atoms with Crippen LogP contribution in [0.1, 0.15) is 12.8 Å². The van der Waals surface area contributed by atoms with E-state index in [0.717, 1.165) is 6.54 Å². The van der Waals surface area contributed by atoms with Gasteiger partial charge in [0, 0.05) is 0 Å². The van der Waals surface area contributed by atoms with Crippen LogP contribution in [0.25, 0.3) is 0 Å². The standard InChI is InChI=1S/C4H7NO/c1-2-4(1)3-5-6-4/h5H,1-3H2. The van der Waals surface area contributed by atoms with Gasteiger partial charge in [-0.2, -0.15) is 5.48 Å². The van der Waals surface area contributed by atoms with Gasteiger partial charge in [-0.05, 0) is 12.8 Å². The van der Waals surface area contributed by atoms with Crippen LogP contribution >= 0.6 is 0 Å². The van der Waals surface area contributed by atoms with Crippen LogP contribution in [0.4, 0.5) is 0 Å². The Morgan fingerprint density at radius 1 is 1.50 bits per heavy atom. The molecular weight excluding hydrogens is 78.0 g/mol. The molecule has 0 amide bonds. The molecule has 2 rings (SSSR count). The molecule has 1 N–H and O–H groups in total. The molecule has 1 saturated carbocycles. The smallest absolute Gasteiger partial charge is 0.105 e. The highest BCUT2D eigenvalue weighted by atomic mass is 16.7.